The molecule has 1 aromatic carbocycles. The van der Waals surface area contributed by atoms with Gasteiger partial charge in [0.05, 0.1) is 0 Å². The van der Waals surface area contributed by atoms with Crippen LogP contribution in [0, 0.1) is 0 Å². The minimum Gasteiger partial charge on any atom is -0.380 e. The van der Waals surface area contributed by atoms with Gasteiger partial charge >= 0.3 is 0 Å². The molecule has 2 N–H and O–H groups in total. The first-order valence-corrected chi connectivity index (χ1v) is 6.68. The van der Waals surface area contributed by atoms with Gasteiger partial charge in [0.25, 0.3) is 0 Å². The molecular formula is C13H18N2S. The summed E-state index contributed by atoms with van der Waals surface area (Å²) in [6.45, 7) is 5.95. The molecule has 86 valence electrons. The Morgan fingerprint density at radius 3 is 3.12 bits per heavy atom. The van der Waals surface area contributed by atoms with Gasteiger partial charge in [0.2, 0.25) is 0 Å². The first-order valence-electron chi connectivity index (χ1n) is 5.70. The first-order chi connectivity index (χ1) is 7.90. The van der Waals surface area contributed by atoms with Crippen LogP contribution in [0.1, 0.15) is 6.42 Å². The Bertz CT molecular complexity index is 346. The second-order valence-corrected chi connectivity index (χ2v) is 4.99. The maximum Gasteiger partial charge on any atom is 0.0481 e. The van der Waals surface area contributed by atoms with Crippen LogP contribution in [-0.4, -0.2) is 24.9 Å². The number of rotatable bonds is 5. The molecule has 3 heteroatoms. The van der Waals surface area contributed by atoms with Crippen LogP contribution >= 0.6 is 11.8 Å². The molecule has 0 amide bonds. The molecule has 1 heterocycles. The van der Waals surface area contributed by atoms with Gasteiger partial charge in [-0.15, -0.1) is 18.3 Å². The highest BCUT2D eigenvalue weighted by atomic mass is 32.2. The Kier molecular flexibility index (Phi) is 4.31. The van der Waals surface area contributed by atoms with Crippen molar-refractivity contribution in [2.45, 2.75) is 17.4 Å². The van der Waals surface area contributed by atoms with Gasteiger partial charge in [-0.25, -0.2) is 0 Å². The average Bonchev–Trinajstić information content (AvgIpc) is 2.81. The fourth-order valence-electron chi connectivity index (χ4n) is 1.86. The molecule has 16 heavy (non-hydrogen) atoms. The number of para-hydroxylation sites is 1. The van der Waals surface area contributed by atoms with Crippen molar-refractivity contribution in [1.29, 1.82) is 0 Å². The summed E-state index contributed by atoms with van der Waals surface area (Å²) in [5, 5.41) is 6.97. The van der Waals surface area contributed by atoms with Crippen LogP contribution in [0.4, 0.5) is 5.69 Å². The molecule has 1 aliphatic rings. The van der Waals surface area contributed by atoms with Gasteiger partial charge in [0.15, 0.2) is 0 Å². The largest absolute Gasteiger partial charge is 0.380 e. The molecule has 1 unspecified atom stereocenters. The molecule has 0 radical (unpaired) electrons. The van der Waals surface area contributed by atoms with Crippen LogP contribution in [0.5, 0.6) is 0 Å². The molecule has 0 aliphatic carbocycles. The van der Waals surface area contributed by atoms with E-state index in [-0.39, 0.29) is 0 Å². The zero-order valence-electron chi connectivity index (χ0n) is 9.41. The van der Waals surface area contributed by atoms with Crippen LogP contribution in [-0.2, 0) is 0 Å². The Morgan fingerprint density at radius 2 is 2.38 bits per heavy atom. The Labute approximate surface area is 102 Å². The molecule has 1 saturated heterocycles. The predicted molar refractivity (Wildman–Crippen MR) is 72.3 cm³/mol. The Balaban J connectivity index is 2.02. The highest BCUT2D eigenvalue weighted by Gasteiger charge is 2.14. The lowest BCUT2D eigenvalue weighted by Crippen LogP contribution is -2.22. The number of hydrogen-bond acceptors (Lipinski definition) is 3. The van der Waals surface area contributed by atoms with Crippen LogP contribution < -0.4 is 10.6 Å². The second kappa shape index (κ2) is 5.97. The molecular weight excluding hydrogens is 216 g/mol. The highest BCUT2D eigenvalue weighted by Crippen LogP contribution is 2.27. The van der Waals surface area contributed by atoms with Gasteiger partial charge in [-0.1, -0.05) is 18.2 Å². The smallest absolute Gasteiger partial charge is 0.0481 e. The minimum atomic E-state index is 0.575. The third-order valence-corrected chi connectivity index (χ3v) is 3.73. The van der Waals surface area contributed by atoms with Crippen LogP contribution in [0.2, 0.25) is 0 Å². The molecule has 0 bridgehead atoms. The van der Waals surface area contributed by atoms with Crippen molar-refractivity contribution in [3.63, 3.8) is 0 Å². The van der Waals surface area contributed by atoms with Crippen molar-refractivity contribution in [2.75, 3.05) is 24.2 Å². The predicted octanol–water partition coefficient (Wildman–Crippen LogP) is 2.74. The second-order valence-electron chi connectivity index (χ2n) is 3.93. The van der Waals surface area contributed by atoms with E-state index in [1.165, 1.54) is 17.0 Å². The monoisotopic (exact) mass is 234 g/mol. The summed E-state index contributed by atoms with van der Waals surface area (Å²) >= 11 is 1.83. The number of hydrogen-bond donors (Lipinski definition) is 2. The van der Waals surface area contributed by atoms with Crippen LogP contribution in [0.3, 0.4) is 0 Å². The molecule has 0 spiro atoms. The van der Waals surface area contributed by atoms with E-state index in [1.54, 1.807) is 0 Å². The maximum atomic E-state index is 3.76. The van der Waals surface area contributed by atoms with E-state index < -0.39 is 0 Å². The van der Waals surface area contributed by atoms with E-state index in [4.69, 9.17) is 0 Å². The summed E-state index contributed by atoms with van der Waals surface area (Å²) in [5.41, 5.74) is 1.25. The standard InChI is InChI=1S/C13H18N2S/c1-2-9-16-13-6-4-3-5-12(13)15-11-7-8-14-10-11/h2-6,11,14-15H,1,7-10H2. The lowest BCUT2D eigenvalue weighted by Gasteiger charge is -2.15. The maximum absolute atomic E-state index is 3.76. The summed E-state index contributed by atoms with van der Waals surface area (Å²) in [6.07, 6.45) is 3.15. The third kappa shape index (κ3) is 3.03. The van der Waals surface area contributed by atoms with Crippen molar-refractivity contribution in [3.05, 3.63) is 36.9 Å². The molecule has 2 nitrogen and oxygen atoms in total. The zero-order valence-corrected chi connectivity index (χ0v) is 10.2. The normalized spacial score (nSPS) is 19.6. The fraction of sp³-hybridized carbons (Fsp3) is 0.385. The fourth-order valence-corrected chi connectivity index (χ4v) is 2.61. The SMILES string of the molecule is C=CCSc1ccccc1NC1CCNC1. The molecule has 1 atom stereocenters. The number of nitrogens with one attached hydrogen (secondary N) is 2. The highest BCUT2D eigenvalue weighted by molar-refractivity contribution is 7.99. The lowest BCUT2D eigenvalue weighted by molar-refractivity contribution is 0.790. The summed E-state index contributed by atoms with van der Waals surface area (Å²) in [6, 6.07) is 9.07. The number of benzene rings is 1. The van der Waals surface area contributed by atoms with Crippen molar-refractivity contribution in [2.24, 2.45) is 0 Å². The van der Waals surface area contributed by atoms with Crippen LogP contribution in [0.15, 0.2) is 41.8 Å². The number of thioether (sulfide) groups is 1. The molecule has 1 aromatic rings. The van der Waals surface area contributed by atoms with E-state index in [2.05, 4.69) is 41.5 Å². The van der Waals surface area contributed by atoms with E-state index in [9.17, 15) is 0 Å². The minimum absolute atomic E-state index is 0.575. The summed E-state index contributed by atoms with van der Waals surface area (Å²) in [5.74, 6) is 0.960. The molecule has 0 saturated carbocycles. The van der Waals surface area contributed by atoms with Gasteiger partial charge in [0.1, 0.15) is 0 Å². The van der Waals surface area contributed by atoms with E-state index in [0.29, 0.717) is 6.04 Å². The topological polar surface area (TPSA) is 24.1 Å². The molecule has 2 rings (SSSR count). The number of anilines is 1. The van der Waals surface area contributed by atoms with Gasteiger partial charge in [-0.2, -0.15) is 0 Å². The van der Waals surface area contributed by atoms with Gasteiger partial charge < -0.3 is 10.6 Å². The van der Waals surface area contributed by atoms with Crippen molar-refractivity contribution in [3.8, 4) is 0 Å². The Morgan fingerprint density at radius 1 is 1.50 bits per heavy atom. The molecule has 1 aliphatic heterocycles. The summed E-state index contributed by atoms with van der Waals surface area (Å²) < 4.78 is 0. The van der Waals surface area contributed by atoms with E-state index in [0.717, 1.165) is 18.8 Å². The lowest BCUT2D eigenvalue weighted by atomic mass is 10.2. The average molecular weight is 234 g/mol. The van der Waals surface area contributed by atoms with Gasteiger partial charge in [-0.3, -0.25) is 0 Å². The van der Waals surface area contributed by atoms with Crippen molar-refractivity contribution < 1.29 is 0 Å². The van der Waals surface area contributed by atoms with Crippen molar-refractivity contribution >= 4 is 17.4 Å². The van der Waals surface area contributed by atoms with Crippen LogP contribution in [0.25, 0.3) is 0 Å². The quantitative estimate of drug-likeness (QED) is 0.605. The van der Waals surface area contributed by atoms with E-state index >= 15 is 0 Å². The van der Waals surface area contributed by atoms with E-state index in [1.807, 2.05) is 17.8 Å². The summed E-state index contributed by atoms with van der Waals surface area (Å²) in [4.78, 5) is 1.31. The Hall–Kier alpha value is -0.930. The summed E-state index contributed by atoms with van der Waals surface area (Å²) in [7, 11) is 0. The first kappa shape index (κ1) is 11.6. The molecule has 0 aromatic heterocycles. The van der Waals surface area contributed by atoms with Gasteiger partial charge in [0, 0.05) is 28.9 Å². The third-order valence-electron chi connectivity index (χ3n) is 2.66. The van der Waals surface area contributed by atoms with Crippen molar-refractivity contribution in [1.82, 2.24) is 5.32 Å². The zero-order chi connectivity index (χ0) is 11.2. The molecule has 1 fully saturated rings. The van der Waals surface area contributed by atoms with Gasteiger partial charge in [-0.05, 0) is 25.1 Å².